The molecule has 6 heteroatoms. The molecule has 0 aliphatic rings. The normalized spacial score (nSPS) is 11.7. The highest BCUT2D eigenvalue weighted by Crippen LogP contribution is 2.10. The zero-order valence-corrected chi connectivity index (χ0v) is 11.6. The van der Waals surface area contributed by atoms with Crippen molar-refractivity contribution in [3.05, 3.63) is 29.8 Å². The largest absolute Gasteiger partial charge is 0.385 e. The van der Waals surface area contributed by atoms with E-state index in [1.54, 1.807) is 31.4 Å². The summed E-state index contributed by atoms with van der Waals surface area (Å²) in [5.74, 6) is 0. The van der Waals surface area contributed by atoms with E-state index < -0.39 is 10.0 Å². The molecule has 0 aromatic heterocycles. The van der Waals surface area contributed by atoms with Gasteiger partial charge in [-0.05, 0) is 31.2 Å². The highest BCUT2D eigenvalue weighted by molar-refractivity contribution is 7.89. The van der Waals surface area contributed by atoms with Crippen LogP contribution in [0.2, 0.25) is 0 Å². The number of ether oxygens (including phenoxy) is 1. The Morgan fingerprint density at radius 2 is 1.89 bits per heavy atom. The molecule has 0 atom stereocenters. The summed E-state index contributed by atoms with van der Waals surface area (Å²) in [4.78, 5) is 0.291. The van der Waals surface area contributed by atoms with Gasteiger partial charge in [0.15, 0.2) is 0 Å². The van der Waals surface area contributed by atoms with E-state index in [1.807, 2.05) is 7.05 Å². The minimum atomic E-state index is -3.40. The summed E-state index contributed by atoms with van der Waals surface area (Å²) in [5, 5.41) is 3.01. The maximum absolute atomic E-state index is 11.9. The highest BCUT2D eigenvalue weighted by Gasteiger charge is 2.12. The van der Waals surface area contributed by atoms with Crippen molar-refractivity contribution >= 4 is 10.0 Å². The molecule has 0 radical (unpaired) electrons. The molecule has 0 heterocycles. The molecular formula is C12H20N2O3S. The summed E-state index contributed by atoms with van der Waals surface area (Å²) < 4.78 is 31.2. The molecule has 0 aliphatic carbocycles. The molecule has 102 valence electrons. The van der Waals surface area contributed by atoms with Gasteiger partial charge in [-0.3, -0.25) is 0 Å². The fraction of sp³-hybridized carbons (Fsp3) is 0.500. The summed E-state index contributed by atoms with van der Waals surface area (Å²) >= 11 is 0. The fourth-order valence-corrected chi connectivity index (χ4v) is 2.57. The smallest absolute Gasteiger partial charge is 0.240 e. The van der Waals surface area contributed by atoms with Gasteiger partial charge < -0.3 is 10.1 Å². The first-order valence-corrected chi connectivity index (χ1v) is 7.30. The second-order valence-electron chi connectivity index (χ2n) is 3.92. The quantitative estimate of drug-likeness (QED) is 0.684. The van der Waals surface area contributed by atoms with Gasteiger partial charge in [-0.2, -0.15) is 0 Å². The lowest BCUT2D eigenvalue weighted by molar-refractivity contribution is 0.196. The summed E-state index contributed by atoms with van der Waals surface area (Å²) in [6.45, 7) is 1.65. The molecule has 1 aromatic rings. The van der Waals surface area contributed by atoms with Crippen LogP contribution in [0.15, 0.2) is 29.2 Å². The van der Waals surface area contributed by atoms with Crippen LogP contribution in [0.25, 0.3) is 0 Å². The number of nitrogens with one attached hydrogen (secondary N) is 2. The lowest BCUT2D eigenvalue weighted by atomic mass is 10.2. The Balaban J connectivity index is 2.61. The summed E-state index contributed by atoms with van der Waals surface area (Å²) in [6.07, 6.45) is 0.660. The summed E-state index contributed by atoms with van der Waals surface area (Å²) in [5.41, 5.74) is 1.05. The van der Waals surface area contributed by atoms with E-state index in [4.69, 9.17) is 4.74 Å². The van der Waals surface area contributed by atoms with E-state index >= 15 is 0 Å². The van der Waals surface area contributed by atoms with Crippen LogP contribution in [0.1, 0.15) is 12.0 Å². The Hall–Kier alpha value is -0.950. The van der Waals surface area contributed by atoms with E-state index in [9.17, 15) is 8.42 Å². The average Bonchev–Trinajstić information content (AvgIpc) is 2.36. The third-order valence-corrected chi connectivity index (χ3v) is 3.91. The van der Waals surface area contributed by atoms with Crippen LogP contribution in [-0.4, -0.2) is 35.7 Å². The van der Waals surface area contributed by atoms with Gasteiger partial charge in [-0.25, -0.2) is 13.1 Å². The van der Waals surface area contributed by atoms with Crippen LogP contribution in [0, 0.1) is 0 Å². The molecule has 0 bridgehead atoms. The lowest BCUT2D eigenvalue weighted by Crippen LogP contribution is -2.25. The van der Waals surface area contributed by atoms with Crippen molar-refractivity contribution in [1.82, 2.24) is 10.0 Å². The maximum atomic E-state index is 11.9. The number of benzene rings is 1. The van der Waals surface area contributed by atoms with Crippen LogP contribution in [0.4, 0.5) is 0 Å². The Morgan fingerprint density at radius 3 is 2.44 bits per heavy atom. The van der Waals surface area contributed by atoms with E-state index in [2.05, 4.69) is 10.0 Å². The fourth-order valence-electron chi connectivity index (χ4n) is 1.50. The molecule has 0 saturated heterocycles. The molecule has 1 aromatic carbocycles. The Labute approximate surface area is 109 Å². The second-order valence-corrected chi connectivity index (χ2v) is 5.69. The SMILES string of the molecule is CNCc1ccc(S(=O)(=O)NCCCOC)cc1. The van der Waals surface area contributed by atoms with Crippen LogP contribution in [0.5, 0.6) is 0 Å². The first-order chi connectivity index (χ1) is 8.60. The molecule has 2 N–H and O–H groups in total. The van der Waals surface area contributed by atoms with Crippen molar-refractivity contribution < 1.29 is 13.2 Å². The molecule has 0 aliphatic heterocycles. The van der Waals surface area contributed by atoms with Gasteiger partial charge in [-0.1, -0.05) is 12.1 Å². The van der Waals surface area contributed by atoms with E-state index in [0.717, 1.165) is 12.1 Å². The van der Waals surface area contributed by atoms with Gasteiger partial charge >= 0.3 is 0 Å². The average molecular weight is 272 g/mol. The number of methoxy groups -OCH3 is 1. The van der Waals surface area contributed by atoms with Gasteiger partial charge in [-0.15, -0.1) is 0 Å². The third-order valence-electron chi connectivity index (χ3n) is 2.43. The highest BCUT2D eigenvalue weighted by atomic mass is 32.2. The molecule has 0 spiro atoms. The first-order valence-electron chi connectivity index (χ1n) is 5.82. The molecular weight excluding hydrogens is 252 g/mol. The Morgan fingerprint density at radius 1 is 1.22 bits per heavy atom. The van der Waals surface area contributed by atoms with Gasteiger partial charge in [0.2, 0.25) is 10.0 Å². The van der Waals surface area contributed by atoms with E-state index in [-0.39, 0.29) is 0 Å². The number of hydrogen-bond donors (Lipinski definition) is 2. The Kier molecular flexibility index (Phi) is 6.28. The minimum absolute atomic E-state index is 0.291. The molecule has 18 heavy (non-hydrogen) atoms. The zero-order valence-electron chi connectivity index (χ0n) is 10.8. The van der Waals surface area contributed by atoms with Crippen LogP contribution in [-0.2, 0) is 21.3 Å². The summed E-state index contributed by atoms with van der Waals surface area (Å²) in [6, 6.07) is 6.84. The number of hydrogen-bond acceptors (Lipinski definition) is 4. The monoisotopic (exact) mass is 272 g/mol. The predicted molar refractivity (Wildman–Crippen MR) is 70.9 cm³/mol. The molecule has 0 unspecified atom stereocenters. The van der Waals surface area contributed by atoms with Crippen molar-refractivity contribution in [3.63, 3.8) is 0 Å². The molecule has 0 fully saturated rings. The maximum Gasteiger partial charge on any atom is 0.240 e. The topological polar surface area (TPSA) is 67.4 Å². The number of rotatable bonds is 8. The molecule has 0 saturated carbocycles. The molecule has 0 amide bonds. The van der Waals surface area contributed by atoms with Crippen molar-refractivity contribution in [2.75, 3.05) is 27.3 Å². The van der Waals surface area contributed by atoms with Crippen molar-refractivity contribution in [3.8, 4) is 0 Å². The Bertz CT molecular complexity index is 443. The van der Waals surface area contributed by atoms with Gasteiger partial charge in [0.05, 0.1) is 4.90 Å². The van der Waals surface area contributed by atoms with Crippen LogP contribution >= 0.6 is 0 Å². The zero-order chi connectivity index (χ0) is 13.4. The second kappa shape index (κ2) is 7.48. The predicted octanol–water partition coefficient (Wildman–Crippen LogP) is 0.721. The van der Waals surface area contributed by atoms with E-state index in [0.29, 0.717) is 24.5 Å². The van der Waals surface area contributed by atoms with Crippen molar-refractivity contribution in [1.29, 1.82) is 0 Å². The molecule has 5 nitrogen and oxygen atoms in total. The van der Waals surface area contributed by atoms with Crippen molar-refractivity contribution in [2.45, 2.75) is 17.9 Å². The van der Waals surface area contributed by atoms with Gasteiger partial charge in [0.1, 0.15) is 0 Å². The van der Waals surface area contributed by atoms with Crippen molar-refractivity contribution in [2.24, 2.45) is 0 Å². The van der Waals surface area contributed by atoms with E-state index in [1.165, 1.54) is 0 Å². The third kappa shape index (κ3) is 4.73. The lowest BCUT2D eigenvalue weighted by Gasteiger charge is -2.07. The first kappa shape index (κ1) is 15.1. The minimum Gasteiger partial charge on any atom is -0.385 e. The van der Waals surface area contributed by atoms with Crippen LogP contribution < -0.4 is 10.0 Å². The van der Waals surface area contributed by atoms with Gasteiger partial charge in [0, 0.05) is 26.8 Å². The molecule has 1 rings (SSSR count). The van der Waals surface area contributed by atoms with Gasteiger partial charge in [0.25, 0.3) is 0 Å². The van der Waals surface area contributed by atoms with Crippen LogP contribution in [0.3, 0.4) is 0 Å². The number of sulfonamides is 1. The standard InChI is InChI=1S/C12H20N2O3S/c1-13-10-11-4-6-12(7-5-11)18(15,16)14-8-3-9-17-2/h4-7,13-14H,3,8-10H2,1-2H3. The summed E-state index contributed by atoms with van der Waals surface area (Å²) in [7, 11) is 0.0431.